The molecule has 0 saturated heterocycles. The highest BCUT2D eigenvalue weighted by molar-refractivity contribution is 5.27. The monoisotopic (exact) mass is 246 g/mol. The minimum Gasteiger partial charge on any atom is -0.393 e. The molecule has 0 aromatic heterocycles. The third kappa shape index (κ3) is 1.70. The Morgan fingerprint density at radius 3 is 2.67 bits per heavy atom. The van der Waals surface area contributed by atoms with Gasteiger partial charge >= 0.3 is 0 Å². The standard InChI is InChI=1S/C17H26O/c18-13-6-9-15-12(10-13)5-8-16-14-3-1-2-11(14)4-7-17(15)16/h11-14,16,18H,1-10H2. The molecule has 0 aliphatic heterocycles. The SMILES string of the molecule is OC1CCC2=C3CCC4CCCC4C3CCC2C1. The summed E-state index contributed by atoms with van der Waals surface area (Å²) in [7, 11) is 0. The summed E-state index contributed by atoms with van der Waals surface area (Å²) in [6, 6.07) is 0. The molecule has 0 spiro atoms. The largest absolute Gasteiger partial charge is 0.393 e. The molecule has 0 aromatic carbocycles. The summed E-state index contributed by atoms with van der Waals surface area (Å²) in [4.78, 5) is 0. The van der Waals surface area contributed by atoms with Crippen LogP contribution in [-0.4, -0.2) is 11.2 Å². The van der Waals surface area contributed by atoms with E-state index in [1.165, 1.54) is 51.4 Å². The first kappa shape index (κ1) is 11.5. The summed E-state index contributed by atoms with van der Waals surface area (Å²) in [6.07, 6.45) is 13.6. The lowest BCUT2D eigenvalue weighted by atomic mass is 9.61. The first-order valence-electron chi connectivity index (χ1n) is 8.23. The van der Waals surface area contributed by atoms with Gasteiger partial charge in [0.15, 0.2) is 0 Å². The Bertz CT molecular complexity index is 370. The van der Waals surface area contributed by atoms with Gasteiger partial charge in [0, 0.05) is 0 Å². The Kier molecular flexibility index (Phi) is 2.80. The molecule has 1 heteroatoms. The van der Waals surface area contributed by atoms with Crippen LogP contribution in [0.5, 0.6) is 0 Å². The molecule has 0 bridgehead atoms. The van der Waals surface area contributed by atoms with Crippen molar-refractivity contribution in [3.63, 3.8) is 0 Å². The van der Waals surface area contributed by atoms with Crippen LogP contribution in [0, 0.1) is 23.7 Å². The van der Waals surface area contributed by atoms with E-state index in [1.807, 2.05) is 11.1 Å². The maximum atomic E-state index is 9.87. The molecule has 100 valence electrons. The van der Waals surface area contributed by atoms with Gasteiger partial charge in [0.1, 0.15) is 0 Å². The van der Waals surface area contributed by atoms with Crippen molar-refractivity contribution in [3.05, 3.63) is 11.1 Å². The van der Waals surface area contributed by atoms with E-state index in [0.717, 1.165) is 36.5 Å². The Balaban J connectivity index is 1.65. The fourth-order valence-corrected chi connectivity index (χ4v) is 5.74. The first-order chi connectivity index (χ1) is 8.83. The molecule has 4 rings (SSSR count). The highest BCUT2D eigenvalue weighted by Gasteiger charge is 2.43. The van der Waals surface area contributed by atoms with Crippen molar-refractivity contribution < 1.29 is 5.11 Å². The average molecular weight is 246 g/mol. The number of aliphatic hydroxyl groups excluding tert-OH is 1. The molecule has 0 radical (unpaired) electrons. The van der Waals surface area contributed by atoms with Crippen LogP contribution < -0.4 is 0 Å². The van der Waals surface area contributed by atoms with Gasteiger partial charge in [-0.15, -0.1) is 0 Å². The molecule has 1 nitrogen and oxygen atoms in total. The second-order valence-corrected chi connectivity index (χ2v) is 7.25. The van der Waals surface area contributed by atoms with Gasteiger partial charge in [0.2, 0.25) is 0 Å². The van der Waals surface area contributed by atoms with Gasteiger partial charge in [-0.3, -0.25) is 0 Å². The molecule has 5 unspecified atom stereocenters. The second-order valence-electron chi connectivity index (χ2n) is 7.25. The van der Waals surface area contributed by atoms with E-state index in [-0.39, 0.29) is 6.10 Å². The van der Waals surface area contributed by atoms with Gasteiger partial charge in [-0.1, -0.05) is 24.0 Å². The van der Waals surface area contributed by atoms with Crippen molar-refractivity contribution in [2.24, 2.45) is 23.7 Å². The molecule has 3 fully saturated rings. The Morgan fingerprint density at radius 1 is 0.833 bits per heavy atom. The summed E-state index contributed by atoms with van der Waals surface area (Å²) >= 11 is 0. The highest BCUT2D eigenvalue weighted by Crippen LogP contribution is 2.55. The molecule has 5 atom stereocenters. The van der Waals surface area contributed by atoms with Crippen molar-refractivity contribution in [2.75, 3.05) is 0 Å². The quantitative estimate of drug-likeness (QED) is 0.639. The molecule has 4 aliphatic carbocycles. The summed E-state index contributed by atoms with van der Waals surface area (Å²) in [5.74, 6) is 3.85. The molecular weight excluding hydrogens is 220 g/mol. The minimum atomic E-state index is -0.00119. The molecule has 3 saturated carbocycles. The van der Waals surface area contributed by atoms with Crippen LogP contribution in [0.3, 0.4) is 0 Å². The van der Waals surface area contributed by atoms with Gasteiger partial charge in [-0.05, 0) is 75.0 Å². The lowest BCUT2D eigenvalue weighted by Gasteiger charge is -2.45. The van der Waals surface area contributed by atoms with Crippen LogP contribution in [-0.2, 0) is 0 Å². The Labute approximate surface area is 111 Å². The fourth-order valence-electron chi connectivity index (χ4n) is 5.74. The van der Waals surface area contributed by atoms with Crippen molar-refractivity contribution in [1.82, 2.24) is 0 Å². The topological polar surface area (TPSA) is 20.2 Å². The Hall–Kier alpha value is -0.300. The molecule has 0 amide bonds. The number of aliphatic hydroxyl groups is 1. The lowest BCUT2D eigenvalue weighted by molar-refractivity contribution is 0.105. The maximum absolute atomic E-state index is 9.87. The zero-order valence-electron chi connectivity index (χ0n) is 11.4. The van der Waals surface area contributed by atoms with Crippen molar-refractivity contribution in [1.29, 1.82) is 0 Å². The van der Waals surface area contributed by atoms with Crippen LogP contribution in [0.15, 0.2) is 11.1 Å². The number of hydrogen-bond donors (Lipinski definition) is 1. The van der Waals surface area contributed by atoms with Crippen LogP contribution in [0.2, 0.25) is 0 Å². The van der Waals surface area contributed by atoms with Gasteiger partial charge in [0.25, 0.3) is 0 Å². The normalized spacial score (nSPS) is 47.5. The zero-order chi connectivity index (χ0) is 12.1. The molecule has 0 heterocycles. The number of fused-ring (bicyclic) bond motifs is 4. The van der Waals surface area contributed by atoms with E-state index in [4.69, 9.17) is 0 Å². The van der Waals surface area contributed by atoms with E-state index in [2.05, 4.69) is 0 Å². The molecule has 4 aliphatic rings. The molecule has 18 heavy (non-hydrogen) atoms. The summed E-state index contributed by atoms with van der Waals surface area (Å²) in [5.41, 5.74) is 3.71. The van der Waals surface area contributed by atoms with Crippen molar-refractivity contribution in [2.45, 2.75) is 70.3 Å². The summed E-state index contributed by atoms with van der Waals surface area (Å²) in [6.45, 7) is 0. The minimum absolute atomic E-state index is 0.00119. The van der Waals surface area contributed by atoms with Gasteiger partial charge < -0.3 is 5.11 Å². The van der Waals surface area contributed by atoms with E-state index >= 15 is 0 Å². The first-order valence-corrected chi connectivity index (χ1v) is 8.23. The van der Waals surface area contributed by atoms with E-state index in [1.54, 1.807) is 0 Å². The zero-order valence-corrected chi connectivity index (χ0v) is 11.4. The van der Waals surface area contributed by atoms with Crippen LogP contribution >= 0.6 is 0 Å². The molecule has 0 aromatic rings. The second kappa shape index (κ2) is 4.37. The van der Waals surface area contributed by atoms with Crippen LogP contribution in [0.4, 0.5) is 0 Å². The van der Waals surface area contributed by atoms with E-state index < -0.39 is 0 Å². The third-order valence-electron chi connectivity index (χ3n) is 6.50. The van der Waals surface area contributed by atoms with Gasteiger partial charge in [0.05, 0.1) is 6.10 Å². The van der Waals surface area contributed by atoms with E-state index in [9.17, 15) is 5.11 Å². The number of allylic oxidation sites excluding steroid dienone is 2. The Morgan fingerprint density at radius 2 is 1.72 bits per heavy atom. The smallest absolute Gasteiger partial charge is 0.0549 e. The van der Waals surface area contributed by atoms with Crippen molar-refractivity contribution >= 4 is 0 Å². The fraction of sp³-hybridized carbons (Fsp3) is 0.882. The van der Waals surface area contributed by atoms with Crippen LogP contribution in [0.1, 0.15) is 64.2 Å². The predicted octanol–water partition coefficient (Wildman–Crippen LogP) is 4.06. The average Bonchev–Trinajstić information content (AvgIpc) is 2.86. The molecule has 1 N–H and O–H groups in total. The predicted molar refractivity (Wildman–Crippen MR) is 73.2 cm³/mol. The van der Waals surface area contributed by atoms with E-state index in [0.29, 0.717) is 0 Å². The molecular formula is C17H26O. The van der Waals surface area contributed by atoms with Crippen molar-refractivity contribution in [3.8, 4) is 0 Å². The summed E-state index contributed by atoms with van der Waals surface area (Å²) < 4.78 is 0. The number of rotatable bonds is 0. The van der Waals surface area contributed by atoms with Crippen LogP contribution in [0.25, 0.3) is 0 Å². The lowest BCUT2D eigenvalue weighted by Crippen LogP contribution is -2.34. The third-order valence-corrected chi connectivity index (χ3v) is 6.50. The maximum Gasteiger partial charge on any atom is 0.0549 e. The number of hydrogen-bond acceptors (Lipinski definition) is 1. The van der Waals surface area contributed by atoms with Gasteiger partial charge in [-0.2, -0.15) is 0 Å². The van der Waals surface area contributed by atoms with Gasteiger partial charge in [-0.25, -0.2) is 0 Å². The highest BCUT2D eigenvalue weighted by atomic mass is 16.3. The summed E-state index contributed by atoms with van der Waals surface area (Å²) in [5, 5.41) is 9.87.